The highest BCUT2D eigenvalue weighted by atomic mass is 32.1. The van der Waals surface area contributed by atoms with Crippen LogP contribution in [-0.2, 0) is 12.8 Å². The van der Waals surface area contributed by atoms with Crippen LogP contribution in [0.4, 0.5) is 17.5 Å². The zero-order valence-corrected chi connectivity index (χ0v) is 20.6. The maximum Gasteiger partial charge on any atom is 0.225 e. The minimum absolute atomic E-state index is 0.403. The molecule has 4 rings (SSSR count). The van der Waals surface area contributed by atoms with E-state index < -0.39 is 0 Å². The Balaban J connectivity index is 1.30. The molecule has 1 aromatic heterocycles. The molecule has 6 nitrogen and oxygen atoms in total. The molecule has 1 aromatic carbocycles. The predicted octanol–water partition coefficient (Wildman–Crippen LogP) is 4.75. The van der Waals surface area contributed by atoms with Crippen LogP contribution in [0.2, 0.25) is 0 Å². The van der Waals surface area contributed by atoms with E-state index in [0.717, 1.165) is 56.0 Å². The molecule has 2 aliphatic rings. The summed E-state index contributed by atoms with van der Waals surface area (Å²) in [7, 11) is 4.15. The van der Waals surface area contributed by atoms with E-state index in [4.69, 9.17) is 22.2 Å². The summed E-state index contributed by atoms with van der Waals surface area (Å²) < 4.78 is 0. The van der Waals surface area contributed by atoms with Crippen molar-refractivity contribution in [2.24, 2.45) is 0 Å². The van der Waals surface area contributed by atoms with Crippen LogP contribution in [0.5, 0.6) is 0 Å². The topological polar surface area (TPSA) is 65.1 Å². The fourth-order valence-electron chi connectivity index (χ4n) is 4.97. The average molecular weight is 453 g/mol. The van der Waals surface area contributed by atoms with Crippen LogP contribution in [0.3, 0.4) is 0 Å². The lowest BCUT2D eigenvalue weighted by Gasteiger charge is -2.31. The maximum absolute atomic E-state index is 5.57. The van der Waals surface area contributed by atoms with Crippen molar-refractivity contribution in [3.8, 4) is 0 Å². The number of anilines is 3. The molecular weight excluding hydrogens is 416 g/mol. The molecular formula is C25H36N6S. The molecule has 2 aromatic rings. The van der Waals surface area contributed by atoms with Crippen LogP contribution in [0.25, 0.3) is 0 Å². The van der Waals surface area contributed by atoms with Crippen molar-refractivity contribution in [3.63, 3.8) is 0 Å². The normalized spacial score (nSPS) is 20.2. The summed E-state index contributed by atoms with van der Waals surface area (Å²) in [5.74, 6) is 1.87. The first kappa shape index (κ1) is 22.8. The Labute approximate surface area is 197 Å². The summed E-state index contributed by atoms with van der Waals surface area (Å²) in [5.41, 5.74) is 6.10. The molecule has 0 bridgehead atoms. The third kappa shape index (κ3) is 5.68. The van der Waals surface area contributed by atoms with Gasteiger partial charge in [0.05, 0.1) is 5.69 Å². The van der Waals surface area contributed by atoms with Gasteiger partial charge in [-0.15, -0.1) is 0 Å². The van der Waals surface area contributed by atoms with Gasteiger partial charge < -0.3 is 20.9 Å². The molecule has 0 unspecified atom stereocenters. The molecule has 0 radical (unpaired) electrons. The number of hydrogen-bond acceptors (Lipinski definition) is 5. The molecule has 0 amide bonds. The van der Waals surface area contributed by atoms with Crippen molar-refractivity contribution < 1.29 is 0 Å². The number of aromatic nitrogens is 2. The molecule has 0 aliphatic heterocycles. The lowest BCUT2D eigenvalue weighted by Crippen LogP contribution is -2.42. The van der Waals surface area contributed by atoms with Crippen molar-refractivity contribution in [2.75, 3.05) is 29.6 Å². The van der Waals surface area contributed by atoms with Gasteiger partial charge in [-0.2, -0.15) is 4.98 Å². The Kier molecular flexibility index (Phi) is 7.13. The fraction of sp³-hybridized carbons (Fsp3) is 0.560. The van der Waals surface area contributed by atoms with E-state index in [0.29, 0.717) is 17.2 Å². The van der Waals surface area contributed by atoms with E-state index in [-0.39, 0.29) is 0 Å². The SMILES string of the molecule is Cc1cc(C)cc(NC(=S)NC2CCC(Nc3nc4c(c(N(C)C)n3)CCCC4)CC2)c1. The van der Waals surface area contributed by atoms with Crippen LogP contribution in [0, 0.1) is 13.8 Å². The molecule has 2 aliphatic carbocycles. The second-order valence-corrected chi connectivity index (χ2v) is 9.97. The van der Waals surface area contributed by atoms with Gasteiger partial charge >= 0.3 is 0 Å². The van der Waals surface area contributed by atoms with E-state index in [1.165, 1.54) is 35.2 Å². The van der Waals surface area contributed by atoms with Gasteiger partial charge in [-0.05, 0) is 101 Å². The number of hydrogen-bond donors (Lipinski definition) is 3. The zero-order chi connectivity index (χ0) is 22.7. The molecule has 1 saturated carbocycles. The summed E-state index contributed by atoms with van der Waals surface area (Å²) in [6.45, 7) is 4.22. The number of thiocarbonyl (C=S) groups is 1. The summed E-state index contributed by atoms with van der Waals surface area (Å²) in [4.78, 5) is 11.9. The van der Waals surface area contributed by atoms with Crippen LogP contribution in [0.15, 0.2) is 18.2 Å². The highest BCUT2D eigenvalue weighted by molar-refractivity contribution is 7.80. The molecule has 3 N–H and O–H groups in total. The van der Waals surface area contributed by atoms with Crippen molar-refractivity contribution in [1.29, 1.82) is 0 Å². The van der Waals surface area contributed by atoms with Gasteiger partial charge in [0.1, 0.15) is 5.82 Å². The van der Waals surface area contributed by atoms with Crippen LogP contribution >= 0.6 is 12.2 Å². The minimum atomic E-state index is 0.403. The van der Waals surface area contributed by atoms with Crippen molar-refractivity contribution >= 4 is 34.8 Å². The van der Waals surface area contributed by atoms with Gasteiger partial charge in [0, 0.05) is 37.4 Å². The molecule has 1 fully saturated rings. The minimum Gasteiger partial charge on any atom is -0.362 e. The molecule has 1 heterocycles. The van der Waals surface area contributed by atoms with Gasteiger partial charge in [-0.1, -0.05) is 6.07 Å². The van der Waals surface area contributed by atoms with Crippen LogP contribution in [-0.4, -0.2) is 41.3 Å². The first-order chi connectivity index (χ1) is 15.4. The quantitative estimate of drug-likeness (QED) is 0.566. The second kappa shape index (κ2) is 10.0. The Morgan fingerprint density at radius 1 is 0.938 bits per heavy atom. The van der Waals surface area contributed by atoms with E-state index in [2.05, 4.69) is 67.0 Å². The Bertz CT molecular complexity index is 945. The average Bonchev–Trinajstić information content (AvgIpc) is 2.73. The van der Waals surface area contributed by atoms with Gasteiger partial charge in [0.25, 0.3) is 0 Å². The van der Waals surface area contributed by atoms with Gasteiger partial charge in [0.15, 0.2) is 5.11 Å². The largest absolute Gasteiger partial charge is 0.362 e. The maximum atomic E-state index is 5.57. The summed E-state index contributed by atoms with van der Waals surface area (Å²) in [5, 5.41) is 11.2. The third-order valence-corrected chi connectivity index (χ3v) is 6.68. The number of nitrogens with one attached hydrogen (secondary N) is 3. The predicted molar refractivity (Wildman–Crippen MR) is 138 cm³/mol. The van der Waals surface area contributed by atoms with E-state index >= 15 is 0 Å². The van der Waals surface area contributed by atoms with Crippen molar-refractivity contribution in [2.45, 2.75) is 77.3 Å². The van der Waals surface area contributed by atoms with Crippen molar-refractivity contribution in [3.05, 3.63) is 40.6 Å². The zero-order valence-electron chi connectivity index (χ0n) is 19.8. The standard InChI is InChI=1S/C25H36N6S/c1-16-13-17(2)15-20(14-16)28-25(32)27-19-11-9-18(10-12-19)26-24-29-22-8-6-5-7-21(22)23(30-24)31(3)4/h13-15,18-19H,5-12H2,1-4H3,(H,26,29,30)(H2,27,28,32). The monoisotopic (exact) mass is 452 g/mol. The summed E-state index contributed by atoms with van der Waals surface area (Å²) in [6.07, 6.45) is 8.95. The highest BCUT2D eigenvalue weighted by Crippen LogP contribution is 2.29. The molecule has 32 heavy (non-hydrogen) atoms. The first-order valence-electron chi connectivity index (χ1n) is 11.9. The number of aryl methyl sites for hydroxylation is 3. The Morgan fingerprint density at radius 2 is 1.59 bits per heavy atom. The van der Waals surface area contributed by atoms with Gasteiger partial charge in [-0.3, -0.25) is 0 Å². The number of benzene rings is 1. The van der Waals surface area contributed by atoms with Gasteiger partial charge in [0.2, 0.25) is 5.95 Å². The summed E-state index contributed by atoms with van der Waals surface area (Å²) in [6, 6.07) is 7.24. The lowest BCUT2D eigenvalue weighted by molar-refractivity contribution is 0.387. The Hall–Kier alpha value is -2.41. The summed E-state index contributed by atoms with van der Waals surface area (Å²) >= 11 is 5.57. The number of fused-ring (bicyclic) bond motifs is 1. The number of nitrogens with zero attached hydrogens (tertiary/aromatic N) is 3. The van der Waals surface area contributed by atoms with Crippen molar-refractivity contribution in [1.82, 2.24) is 15.3 Å². The second-order valence-electron chi connectivity index (χ2n) is 9.57. The van der Waals surface area contributed by atoms with Crippen LogP contribution < -0.4 is 20.9 Å². The van der Waals surface area contributed by atoms with Crippen LogP contribution in [0.1, 0.15) is 60.9 Å². The first-order valence-corrected chi connectivity index (χ1v) is 12.3. The van der Waals surface area contributed by atoms with E-state index in [1.807, 2.05) is 0 Å². The molecule has 0 spiro atoms. The third-order valence-electron chi connectivity index (χ3n) is 6.46. The van der Waals surface area contributed by atoms with E-state index in [1.54, 1.807) is 0 Å². The highest BCUT2D eigenvalue weighted by Gasteiger charge is 2.24. The lowest BCUT2D eigenvalue weighted by atomic mass is 9.91. The Morgan fingerprint density at radius 3 is 2.28 bits per heavy atom. The molecule has 172 valence electrons. The van der Waals surface area contributed by atoms with E-state index in [9.17, 15) is 0 Å². The fourth-order valence-corrected chi connectivity index (χ4v) is 5.26. The number of rotatable bonds is 5. The molecule has 0 saturated heterocycles. The van der Waals surface area contributed by atoms with Gasteiger partial charge in [-0.25, -0.2) is 4.98 Å². The molecule has 7 heteroatoms. The molecule has 0 atom stereocenters. The smallest absolute Gasteiger partial charge is 0.225 e.